The van der Waals surface area contributed by atoms with E-state index in [4.69, 9.17) is 14.0 Å². The van der Waals surface area contributed by atoms with Gasteiger partial charge in [0.1, 0.15) is 0 Å². The Morgan fingerprint density at radius 1 is 0.690 bits per heavy atom. The van der Waals surface area contributed by atoms with Crippen molar-refractivity contribution in [1.82, 2.24) is 0 Å². The molecule has 0 aromatic carbocycles. The Kier molecular flexibility index (Phi) is 21.4. The minimum atomic E-state index is -3.67. The molecule has 0 aromatic rings. The van der Waals surface area contributed by atoms with E-state index in [-0.39, 0.29) is 6.61 Å². The quantitative estimate of drug-likeness (QED) is 0.133. The molecule has 6 heteroatoms. The van der Waals surface area contributed by atoms with Crippen LogP contribution < -0.4 is 0 Å². The molecule has 2 atom stereocenters. The van der Waals surface area contributed by atoms with Crippen LogP contribution in [0, 0.1) is 0 Å². The monoisotopic (exact) mass is 436 g/mol. The highest BCUT2D eigenvalue weighted by molar-refractivity contribution is 7.53. The summed E-state index contributed by atoms with van der Waals surface area (Å²) in [7, 11) is -3.67. The van der Waals surface area contributed by atoms with Crippen LogP contribution in [-0.2, 0) is 18.6 Å². The molecule has 0 heterocycles. The Hall–Kier alpha value is 0.0700. The molecule has 0 spiro atoms. The first kappa shape index (κ1) is 29.1. The lowest BCUT2D eigenvalue weighted by Gasteiger charge is -2.18. The predicted octanol–water partition coefficient (Wildman–Crippen LogP) is 7.46. The average molecular weight is 437 g/mol. The van der Waals surface area contributed by atoms with Gasteiger partial charge in [0.05, 0.1) is 6.61 Å². The first-order valence-corrected chi connectivity index (χ1v) is 13.9. The summed E-state index contributed by atoms with van der Waals surface area (Å²) in [6, 6.07) is 0. The molecule has 29 heavy (non-hydrogen) atoms. The molecule has 0 bridgehead atoms. The van der Waals surface area contributed by atoms with E-state index < -0.39 is 13.4 Å². The lowest BCUT2D eigenvalue weighted by atomic mass is 10.0. The van der Waals surface area contributed by atoms with Crippen molar-refractivity contribution in [2.45, 2.75) is 123 Å². The van der Waals surface area contributed by atoms with Crippen LogP contribution >= 0.6 is 7.60 Å². The van der Waals surface area contributed by atoms with Gasteiger partial charge < -0.3 is 18.9 Å². The SMILES string of the molecule is CCCCCCCCCCCCCCCCOCCCOP(=O)(O)[C@H](C)OCC. The summed E-state index contributed by atoms with van der Waals surface area (Å²) in [5.74, 6) is -0.774. The van der Waals surface area contributed by atoms with Crippen LogP contribution in [0.1, 0.15) is 117 Å². The van der Waals surface area contributed by atoms with Gasteiger partial charge in [-0.15, -0.1) is 0 Å². The summed E-state index contributed by atoms with van der Waals surface area (Å²) >= 11 is 0. The molecule has 0 amide bonds. The number of hydrogen-bond donors (Lipinski definition) is 1. The summed E-state index contributed by atoms with van der Waals surface area (Å²) in [6.45, 7) is 7.60. The van der Waals surface area contributed by atoms with Crippen LogP contribution in [0.25, 0.3) is 0 Å². The van der Waals surface area contributed by atoms with Crippen molar-refractivity contribution in [2.24, 2.45) is 0 Å². The molecular weight excluding hydrogens is 387 g/mol. The molecule has 0 saturated carbocycles. The Morgan fingerprint density at radius 2 is 1.14 bits per heavy atom. The molecule has 1 N–H and O–H groups in total. The predicted molar refractivity (Wildman–Crippen MR) is 123 cm³/mol. The normalized spacial score (nSPS) is 14.8. The second kappa shape index (κ2) is 21.3. The van der Waals surface area contributed by atoms with Gasteiger partial charge in [0.15, 0.2) is 5.85 Å². The third-order valence-corrected chi connectivity index (χ3v) is 6.84. The van der Waals surface area contributed by atoms with Crippen molar-refractivity contribution in [2.75, 3.05) is 26.4 Å². The largest absolute Gasteiger partial charge is 0.381 e. The Bertz CT molecular complexity index is 378. The number of rotatable bonds is 23. The molecule has 0 fully saturated rings. The maximum atomic E-state index is 11.9. The van der Waals surface area contributed by atoms with Crippen molar-refractivity contribution in [3.05, 3.63) is 0 Å². The van der Waals surface area contributed by atoms with Gasteiger partial charge in [-0.3, -0.25) is 4.57 Å². The van der Waals surface area contributed by atoms with Gasteiger partial charge in [-0.1, -0.05) is 90.4 Å². The van der Waals surface area contributed by atoms with E-state index in [9.17, 15) is 9.46 Å². The highest BCUT2D eigenvalue weighted by Gasteiger charge is 2.28. The minimum Gasteiger partial charge on any atom is -0.381 e. The summed E-state index contributed by atoms with van der Waals surface area (Å²) in [6.07, 6.45) is 19.6. The van der Waals surface area contributed by atoms with Gasteiger partial charge in [-0.25, -0.2) is 0 Å². The lowest BCUT2D eigenvalue weighted by Crippen LogP contribution is -2.12. The maximum absolute atomic E-state index is 11.9. The first-order chi connectivity index (χ1) is 14.0. The maximum Gasteiger partial charge on any atom is 0.356 e. The molecule has 1 unspecified atom stereocenters. The van der Waals surface area contributed by atoms with Crippen molar-refractivity contribution in [3.63, 3.8) is 0 Å². The lowest BCUT2D eigenvalue weighted by molar-refractivity contribution is 0.0877. The second-order valence-electron chi connectivity index (χ2n) is 8.01. The molecule has 0 saturated heterocycles. The molecular formula is C23H49O5P. The molecule has 176 valence electrons. The molecule has 0 aliphatic heterocycles. The number of hydrogen-bond acceptors (Lipinski definition) is 4. The fourth-order valence-corrected chi connectivity index (χ4v) is 4.24. The van der Waals surface area contributed by atoms with Gasteiger partial charge >= 0.3 is 7.60 Å². The molecule has 0 aromatic heterocycles. The van der Waals surface area contributed by atoms with E-state index in [2.05, 4.69) is 6.92 Å². The molecule has 5 nitrogen and oxygen atoms in total. The van der Waals surface area contributed by atoms with Crippen LogP contribution in [0.5, 0.6) is 0 Å². The standard InChI is InChI=1S/C23H49O5P/c1-4-6-7-8-9-10-11-12-13-14-15-16-17-18-20-26-21-19-22-28-29(24,25)23(3)27-5-2/h23H,4-22H2,1-3H3,(H,24,25)/t23-/m1/s1. The smallest absolute Gasteiger partial charge is 0.356 e. The van der Waals surface area contributed by atoms with E-state index in [0.717, 1.165) is 13.0 Å². The molecule has 0 aliphatic carbocycles. The van der Waals surface area contributed by atoms with Crippen molar-refractivity contribution >= 4 is 7.60 Å². The third kappa shape index (κ3) is 19.8. The highest BCUT2D eigenvalue weighted by Crippen LogP contribution is 2.47. The van der Waals surface area contributed by atoms with E-state index >= 15 is 0 Å². The fraction of sp³-hybridized carbons (Fsp3) is 1.00. The van der Waals surface area contributed by atoms with E-state index in [1.807, 2.05) is 0 Å². The molecule has 0 radical (unpaired) electrons. The average Bonchev–Trinajstić information content (AvgIpc) is 2.70. The van der Waals surface area contributed by atoms with E-state index in [1.165, 1.54) is 83.5 Å². The highest BCUT2D eigenvalue weighted by atomic mass is 31.2. The summed E-state index contributed by atoms with van der Waals surface area (Å²) in [5.41, 5.74) is 0. The summed E-state index contributed by atoms with van der Waals surface area (Å²) in [4.78, 5) is 9.73. The van der Waals surface area contributed by atoms with Gasteiger partial charge in [0, 0.05) is 19.8 Å². The van der Waals surface area contributed by atoms with Crippen molar-refractivity contribution in [3.8, 4) is 0 Å². The zero-order valence-electron chi connectivity index (χ0n) is 19.5. The van der Waals surface area contributed by atoms with Crippen LogP contribution in [0.4, 0.5) is 0 Å². The number of ether oxygens (including phenoxy) is 2. The van der Waals surface area contributed by atoms with Crippen LogP contribution in [-0.4, -0.2) is 37.2 Å². The van der Waals surface area contributed by atoms with Crippen LogP contribution in [0.3, 0.4) is 0 Å². The van der Waals surface area contributed by atoms with E-state index in [1.54, 1.807) is 13.8 Å². The van der Waals surface area contributed by atoms with Gasteiger partial charge in [-0.2, -0.15) is 0 Å². The third-order valence-electron chi connectivity index (χ3n) is 5.22. The topological polar surface area (TPSA) is 65.0 Å². The second-order valence-corrected chi connectivity index (χ2v) is 10.1. The van der Waals surface area contributed by atoms with Gasteiger partial charge in [-0.05, 0) is 26.7 Å². The summed E-state index contributed by atoms with van der Waals surface area (Å²) < 4.78 is 27.6. The van der Waals surface area contributed by atoms with Gasteiger partial charge in [0.25, 0.3) is 0 Å². The Morgan fingerprint density at radius 3 is 1.62 bits per heavy atom. The molecule has 0 rings (SSSR count). The fourth-order valence-electron chi connectivity index (χ4n) is 3.30. The zero-order valence-corrected chi connectivity index (χ0v) is 20.4. The molecule has 0 aliphatic rings. The van der Waals surface area contributed by atoms with Crippen molar-refractivity contribution in [1.29, 1.82) is 0 Å². The zero-order chi connectivity index (χ0) is 21.6. The number of unbranched alkanes of at least 4 members (excludes halogenated alkanes) is 13. The first-order valence-electron chi connectivity index (χ1n) is 12.2. The van der Waals surface area contributed by atoms with Crippen LogP contribution in [0.2, 0.25) is 0 Å². The Labute approximate surface area is 180 Å². The minimum absolute atomic E-state index is 0.226. The summed E-state index contributed by atoms with van der Waals surface area (Å²) in [5, 5.41) is 0. The van der Waals surface area contributed by atoms with Gasteiger partial charge in [0.2, 0.25) is 0 Å². The van der Waals surface area contributed by atoms with E-state index in [0.29, 0.717) is 19.6 Å². The van der Waals surface area contributed by atoms with Crippen LogP contribution in [0.15, 0.2) is 0 Å². The van der Waals surface area contributed by atoms with Crippen molar-refractivity contribution < 1.29 is 23.5 Å². The Balaban J connectivity index is 3.22.